The molecule has 9 aromatic rings. The fourth-order valence-electron chi connectivity index (χ4n) is 8.95. The molecule has 8 aromatic carbocycles. The molecule has 1 aliphatic carbocycles. The van der Waals surface area contributed by atoms with Crippen LogP contribution in [-0.4, -0.2) is 4.57 Å². The summed E-state index contributed by atoms with van der Waals surface area (Å²) in [5.41, 5.74) is 13.0. The van der Waals surface area contributed by atoms with Crippen molar-refractivity contribution in [3.8, 4) is 27.9 Å². The lowest BCUT2D eigenvalue weighted by atomic mass is 9.67. The second-order valence-corrected chi connectivity index (χ2v) is 13.4. The molecule has 0 unspecified atom stereocenters. The van der Waals surface area contributed by atoms with Gasteiger partial charge in [0.2, 0.25) is 0 Å². The zero-order valence-electron chi connectivity index (χ0n) is 25.3. The number of hydrogen-bond acceptors (Lipinski definition) is 0. The Morgan fingerprint density at radius 1 is 0.447 bits per heavy atom. The van der Waals surface area contributed by atoms with Crippen molar-refractivity contribution in [3.05, 3.63) is 185 Å². The molecule has 2 heteroatoms. The van der Waals surface area contributed by atoms with Crippen LogP contribution in [0.5, 0.6) is 0 Å². The van der Waals surface area contributed by atoms with Crippen LogP contribution in [0.15, 0.2) is 158 Å². The van der Waals surface area contributed by atoms with Gasteiger partial charge >= 0.3 is 0 Å². The van der Waals surface area contributed by atoms with Gasteiger partial charge in [0, 0.05) is 32.5 Å². The Morgan fingerprint density at radius 2 is 1.04 bits per heavy atom. The number of halogens is 1. The number of nitrogens with zero attached hydrogens (tertiary/aromatic N) is 1. The van der Waals surface area contributed by atoms with E-state index < -0.39 is 5.41 Å². The standard InChI is InChI=1S/C45H26ClN/c46-38-24-23-36-42-41(38)35-14-6-8-16-40(35)47-39-15-7-5-13-33(39)34-21-22-37(43(42)44(34)47)45(36,31-19-17-27-9-1-3-11-29(27)25-31)32-20-18-28-10-2-4-12-30(28)26-32/h1-26H. The van der Waals surface area contributed by atoms with Gasteiger partial charge in [-0.25, -0.2) is 0 Å². The summed E-state index contributed by atoms with van der Waals surface area (Å²) in [4.78, 5) is 0. The molecule has 2 heterocycles. The second-order valence-electron chi connectivity index (χ2n) is 13.0. The van der Waals surface area contributed by atoms with Gasteiger partial charge < -0.3 is 4.57 Å². The molecule has 0 fully saturated rings. The quantitative estimate of drug-likeness (QED) is 0.182. The zero-order chi connectivity index (χ0) is 30.9. The van der Waals surface area contributed by atoms with E-state index in [-0.39, 0.29) is 0 Å². The van der Waals surface area contributed by atoms with Gasteiger partial charge in [-0.2, -0.15) is 0 Å². The minimum Gasteiger partial charge on any atom is -0.308 e. The first kappa shape index (κ1) is 25.5. The molecular weight excluding hydrogens is 590 g/mol. The fraction of sp³-hybridized carbons (Fsp3) is 0.0222. The molecule has 2 aliphatic rings. The summed E-state index contributed by atoms with van der Waals surface area (Å²) < 4.78 is 2.50. The monoisotopic (exact) mass is 615 g/mol. The summed E-state index contributed by atoms with van der Waals surface area (Å²) in [7, 11) is 0. The zero-order valence-corrected chi connectivity index (χ0v) is 26.1. The van der Waals surface area contributed by atoms with Crippen LogP contribution in [0.1, 0.15) is 22.3 Å². The van der Waals surface area contributed by atoms with Crippen molar-refractivity contribution in [2.24, 2.45) is 0 Å². The van der Waals surface area contributed by atoms with Gasteiger partial charge in [-0.3, -0.25) is 0 Å². The minimum atomic E-state index is -0.570. The lowest BCUT2D eigenvalue weighted by molar-refractivity contribution is 0.772. The van der Waals surface area contributed by atoms with E-state index in [1.54, 1.807) is 0 Å². The van der Waals surface area contributed by atoms with E-state index in [9.17, 15) is 0 Å². The molecule has 0 radical (unpaired) electrons. The first-order chi connectivity index (χ1) is 23.2. The third-order valence-electron chi connectivity index (χ3n) is 10.8. The van der Waals surface area contributed by atoms with Crippen molar-refractivity contribution in [2.75, 3.05) is 0 Å². The third kappa shape index (κ3) is 3.10. The average molecular weight is 616 g/mol. The Kier molecular flexibility index (Phi) is 4.89. The topological polar surface area (TPSA) is 4.93 Å². The molecule has 0 atom stereocenters. The Balaban J connectivity index is 1.41. The van der Waals surface area contributed by atoms with Crippen LogP contribution in [-0.2, 0) is 5.41 Å². The highest BCUT2D eigenvalue weighted by Gasteiger charge is 2.49. The van der Waals surface area contributed by atoms with Crippen molar-refractivity contribution < 1.29 is 0 Å². The number of hydrogen-bond donors (Lipinski definition) is 0. The molecule has 0 N–H and O–H groups in total. The van der Waals surface area contributed by atoms with E-state index in [0.29, 0.717) is 0 Å². The van der Waals surface area contributed by atoms with Gasteiger partial charge in [0.25, 0.3) is 0 Å². The average Bonchev–Trinajstić information content (AvgIpc) is 3.57. The van der Waals surface area contributed by atoms with Gasteiger partial charge in [-0.05, 0) is 79.7 Å². The normalized spacial score (nSPS) is 13.8. The van der Waals surface area contributed by atoms with E-state index in [2.05, 4.69) is 162 Å². The SMILES string of the molecule is Clc1ccc2c3c1-c1ccccc1-n1c4ccccc4c4ccc(c-3c41)C2(c1ccc2ccccc2c1)c1ccc2ccccc2c1. The molecule has 0 spiro atoms. The number of fused-ring (bicyclic) bond motifs is 8. The van der Waals surface area contributed by atoms with Crippen molar-refractivity contribution in [3.63, 3.8) is 0 Å². The Hall–Kier alpha value is -5.63. The van der Waals surface area contributed by atoms with E-state index in [0.717, 1.165) is 16.1 Å². The van der Waals surface area contributed by atoms with Gasteiger partial charge in [-0.1, -0.05) is 139 Å². The first-order valence-corrected chi connectivity index (χ1v) is 16.6. The summed E-state index contributed by atoms with van der Waals surface area (Å²) in [5.74, 6) is 0. The maximum atomic E-state index is 7.33. The van der Waals surface area contributed by atoms with Gasteiger partial charge in [0.1, 0.15) is 0 Å². The summed E-state index contributed by atoms with van der Waals surface area (Å²) in [6.07, 6.45) is 0. The highest BCUT2D eigenvalue weighted by atomic mass is 35.5. The van der Waals surface area contributed by atoms with Crippen LogP contribution in [0.3, 0.4) is 0 Å². The Bertz CT molecular complexity index is 2740. The fourth-order valence-corrected chi connectivity index (χ4v) is 9.20. The molecule has 0 saturated carbocycles. The largest absolute Gasteiger partial charge is 0.308 e. The van der Waals surface area contributed by atoms with Crippen LogP contribution in [0.2, 0.25) is 5.02 Å². The van der Waals surface area contributed by atoms with Crippen LogP contribution in [0.25, 0.3) is 71.3 Å². The highest BCUT2D eigenvalue weighted by Crippen LogP contribution is 2.63. The molecule has 218 valence electrons. The molecule has 1 aromatic heterocycles. The van der Waals surface area contributed by atoms with Crippen LogP contribution < -0.4 is 0 Å². The first-order valence-electron chi connectivity index (χ1n) is 16.2. The molecule has 0 bridgehead atoms. The highest BCUT2D eigenvalue weighted by molar-refractivity contribution is 6.35. The molecule has 0 amide bonds. The van der Waals surface area contributed by atoms with Crippen molar-refractivity contribution in [1.29, 1.82) is 0 Å². The van der Waals surface area contributed by atoms with Crippen LogP contribution in [0, 0.1) is 0 Å². The summed E-state index contributed by atoms with van der Waals surface area (Å²) >= 11 is 7.33. The molecule has 47 heavy (non-hydrogen) atoms. The molecule has 0 saturated heterocycles. The Morgan fingerprint density at radius 3 is 1.79 bits per heavy atom. The number of aromatic nitrogens is 1. The van der Waals surface area contributed by atoms with E-state index >= 15 is 0 Å². The summed E-state index contributed by atoms with van der Waals surface area (Å²) in [5, 5.41) is 8.27. The van der Waals surface area contributed by atoms with Gasteiger partial charge in [0.05, 0.1) is 22.1 Å². The van der Waals surface area contributed by atoms with Crippen LogP contribution in [0.4, 0.5) is 0 Å². The summed E-state index contributed by atoms with van der Waals surface area (Å²) in [6, 6.07) is 58.3. The maximum Gasteiger partial charge on any atom is 0.0715 e. The van der Waals surface area contributed by atoms with E-state index in [1.807, 2.05) is 0 Å². The minimum absolute atomic E-state index is 0.570. The van der Waals surface area contributed by atoms with E-state index in [4.69, 9.17) is 11.6 Å². The van der Waals surface area contributed by atoms with Crippen molar-refractivity contribution >= 4 is 55.0 Å². The number of benzene rings is 8. The molecule has 11 rings (SSSR count). The number of para-hydroxylation sites is 2. The van der Waals surface area contributed by atoms with Gasteiger partial charge in [-0.15, -0.1) is 0 Å². The van der Waals surface area contributed by atoms with Crippen molar-refractivity contribution in [1.82, 2.24) is 4.57 Å². The van der Waals surface area contributed by atoms with Crippen molar-refractivity contribution in [2.45, 2.75) is 5.41 Å². The second kappa shape index (κ2) is 9.00. The molecular formula is C45H26ClN. The Labute approximate surface area is 276 Å². The molecule has 1 nitrogen and oxygen atoms in total. The lowest BCUT2D eigenvalue weighted by Crippen LogP contribution is -2.28. The van der Waals surface area contributed by atoms with Crippen LogP contribution >= 0.6 is 11.6 Å². The lowest BCUT2D eigenvalue weighted by Gasteiger charge is -2.35. The van der Waals surface area contributed by atoms with E-state index in [1.165, 1.54) is 82.4 Å². The predicted octanol–water partition coefficient (Wildman–Crippen LogP) is 12.1. The third-order valence-corrected chi connectivity index (χ3v) is 11.1. The van der Waals surface area contributed by atoms with Gasteiger partial charge in [0.15, 0.2) is 0 Å². The maximum absolute atomic E-state index is 7.33. The molecule has 1 aliphatic heterocycles. The summed E-state index contributed by atoms with van der Waals surface area (Å²) in [6.45, 7) is 0. The smallest absolute Gasteiger partial charge is 0.0715 e. The predicted molar refractivity (Wildman–Crippen MR) is 197 cm³/mol. The number of rotatable bonds is 2.